The Kier molecular flexibility index (Phi) is 8.04. The summed E-state index contributed by atoms with van der Waals surface area (Å²) in [5, 5.41) is 17.6. The first-order valence-corrected chi connectivity index (χ1v) is 8.77. The van der Waals surface area contributed by atoms with Gasteiger partial charge < -0.3 is 10.2 Å². The lowest BCUT2D eigenvalue weighted by Gasteiger charge is -2.23. The Morgan fingerprint density at radius 2 is 1.35 bits per heavy atom. The SMILES string of the molecule is CCC(C)(C(=O)O)c1ccc(C)cc1.Cc1ccc(CCC(=O)O)cc1. The van der Waals surface area contributed by atoms with E-state index in [-0.39, 0.29) is 6.42 Å². The third-order valence-corrected chi connectivity index (χ3v) is 4.62. The fourth-order valence-electron chi connectivity index (χ4n) is 2.41. The first kappa shape index (κ1) is 21.4. The van der Waals surface area contributed by atoms with E-state index in [0.717, 1.165) is 16.7 Å². The van der Waals surface area contributed by atoms with Gasteiger partial charge in [0, 0.05) is 6.42 Å². The molecule has 1 unspecified atom stereocenters. The quantitative estimate of drug-likeness (QED) is 0.782. The summed E-state index contributed by atoms with van der Waals surface area (Å²) >= 11 is 0. The molecule has 26 heavy (non-hydrogen) atoms. The summed E-state index contributed by atoms with van der Waals surface area (Å²) in [4.78, 5) is 21.4. The molecule has 0 fully saturated rings. The topological polar surface area (TPSA) is 74.6 Å². The summed E-state index contributed by atoms with van der Waals surface area (Å²) in [5.41, 5.74) is 3.56. The highest BCUT2D eigenvalue weighted by Gasteiger charge is 2.32. The van der Waals surface area contributed by atoms with E-state index in [1.54, 1.807) is 6.92 Å². The molecule has 4 heteroatoms. The molecule has 0 heterocycles. The van der Waals surface area contributed by atoms with Crippen LogP contribution in [0.2, 0.25) is 0 Å². The Bertz CT molecular complexity index is 717. The molecule has 0 saturated heterocycles. The monoisotopic (exact) mass is 356 g/mol. The number of aryl methyl sites for hydroxylation is 3. The van der Waals surface area contributed by atoms with Gasteiger partial charge in [0.15, 0.2) is 0 Å². The average molecular weight is 356 g/mol. The molecule has 4 nitrogen and oxygen atoms in total. The van der Waals surface area contributed by atoms with Crippen molar-refractivity contribution in [3.05, 3.63) is 70.8 Å². The highest BCUT2D eigenvalue weighted by atomic mass is 16.4. The summed E-state index contributed by atoms with van der Waals surface area (Å²) in [5.74, 6) is -1.50. The van der Waals surface area contributed by atoms with Crippen LogP contribution < -0.4 is 0 Å². The van der Waals surface area contributed by atoms with Crippen LogP contribution in [0.25, 0.3) is 0 Å². The van der Waals surface area contributed by atoms with Gasteiger partial charge in [-0.05, 0) is 44.7 Å². The Balaban J connectivity index is 0.000000263. The predicted molar refractivity (Wildman–Crippen MR) is 104 cm³/mol. The van der Waals surface area contributed by atoms with E-state index >= 15 is 0 Å². The zero-order valence-electron chi connectivity index (χ0n) is 16.0. The Labute approximate surface area is 155 Å². The average Bonchev–Trinajstić information content (AvgIpc) is 2.61. The van der Waals surface area contributed by atoms with Crippen molar-refractivity contribution in [2.24, 2.45) is 0 Å². The van der Waals surface area contributed by atoms with Crippen LogP contribution in [-0.4, -0.2) is 22.2 Å². The maximum atomic E-state index is 11.1. The summed E-state index contributed by atoms with van der Waals surface area (Å²) in [6.07, 6.45) is 1.43. The van der Waals surface area contributed by atoms with Gasteiger partial charge in [-0.15, -0.1) is 0 Å². The number of rotatable bonds is 6. The number of benzene rings is 2. The van der Waals surface area contributed by atoms with Crippen LogP contribution in [0, 0.1) is 13.8 Å². The number of carboxylic acids is 2. The fourth-order valence-corrected chi connectivity index (χ4v) is 2.41. The molecule has 0 bridgehead atoms. The summed E-state index contributed by atoms with van der Waals surface area (Å²) < 4.78 is 0. The van der Waals surface area contributed by atoms with Gasteiger partial charge in [-0.3, -0.25) is 9.59 Å². The van der Waals surface area contributed by atoms with Crippen LogP contribution in [0.4, 0.5) is 0 Å². The number of aliphatic carboxylic acids is 2. The van der Waals surface area contributed by atoms with Crippen molar-refractivity contribution in [3.63, 3.8) is 0 Å². The molecule has 0 aliphatic rings. The maximum absolute atomic E-state index is 11.1. The molecule has 2 N–H and O–H groups in total. The van der Waals surface area contributed by atoms with E-state index in [1.165, 1.54) is 5.56 Å². The molecule has 0 aliphatic heterocycles. The van der Waals surface area contributed by atoms with Crippen molar-refractivity contribution in [1.29, 1.82) is 0 Å². The lowest BCUT2D eigenvalue weighted by molar-refractivity contribution is -0.143. The van der Waals surface area contributed by atoms with Gasteiger partial charge in [0.25, 0.3) is 0 Å². The van der Waals surface area contributed by atoms with E-state index in [9.17, 15) is 9.59 Å². The van der Waals surface area contributed by atoms with Crippen LogP contribution in [0.5, 0.6) is 0 Å². The molecule has 1 atom stereocenters. The van der Waals surface area contributed by atoms with Gasteiger partial charge in [0.05, 0.1) is 5.41 Å². The predicted octanol–water partition coefficient (Wildman–Crippen LogP) is 4.76. The second-order valence-corrected chi connectivity index (χ2v) is 6.74. The molecule has 2 aromatic carbocycles. The molecule has 0 radical (unpaired) electrons. The third kappa shape index (κ3) is 6.36. The largest absolute Gasteiger partial charge is 0.481 e. The Hall–Kier alpha value is -2.62. The number of carbonyl (C=O) groups is 2. The van der Waals surface area contributed by atoms with Crippen LogP contribution in [0.3, 0.4) is 0 Å². The zero-order valence-corrected chi connectivity index (χ0v) is 16.0. The van der Waals surface area contributed by atoms with Crippen molar-refractivity contribution in [2.75, 3.05) is 0 Å². The van der Waals surface area contributed by atoms with Gasteiger partial charge in [0.2, 0.25) is 0 Å². The van der Waals surface area contributed by atoms with Crippen LogP contribution in [-0.2, 0) is 21.4 Å². The lowest BCUT2D eigenvalue weighted by atomic mass is 9.80. The molecule has 2 aromatic rings. The molecular formula is C22H28O4. The highest BCUT2D eigenvalue weighted by molar-refractivity contribution is 5.80. The van der Waals surface area contributed by atoms with E-state index in [0.29, 0.717) is 12.8 Å². The highest BCUT2D eigenvalue weighted by Crippen LogP contribution is 2.27. The van der Waals surface area contributed by atoms with Crippen molar-refractivity contribution in [2.45, 2.75) is 52.4 Å². The van der Waals surface area contributed by atoms with Gasteiger partial charge in [-0.2, -0.15) is 0 Å². The number of carboxylic acid groups (broad SMARTS) is 2. The molecule has 2 rings (SSSR count). The van der Waals surface area contributed by atoms with Gasteiger partial charge in [-0.25, -0.2) is 0 Å². The van der Waals surface area contributed by atoms with Crippen molar-refractivity contribution in [1.82, 2.24) is 0 Å². The van der Waals surface area contributed by atoms with Crippen molar-refractivity contribution in [3.8, 4) is 0 Å². The zero-order chi connectivity index (χ0) is 19.7. The van der Waals surface area contributed by atoms with Crippen LogP contribution >= 0.6 is 0 Å². The molecular weight excluding hydrogens is 328 g/mol. The standard InChI is InChI=1S/C12H16O2.C10H12O2/c1-4-12(3,11(13)14)10-7-5-9(2)6-8-10;1-8-2-4-9(5-3-8)6-7-10(11)12/h5-8H,4H2,1-3H3,(H,13,14);2-5H,6-7H2,1H3,(H,11,12). The molecule has 0 saturated carbocycles. The second kappa shape index (κ2) is 9.76. The molecule has 0 aliphatic carbocycles. The summed E-state index contributed by atoms with van der Waals surface area (Å²) in [6, 6.07) is 15.6. The second-order valence-electron chi connectivity index (χ2n) is 6.74. The minimum atomic E-state index is -0.760. The van der Waals surface area contributed by atoms with Crippen LogP contribution in [0.1, 0.15) is 48.9 Å². The van der Waals surface area contributed by atoms with E-state index in [2.05, 4.69) is 0 Å². The van der Waals surface area contributed by atoms with Crippen molar-refractivity contribution >= 4 is 11.9 Å². The van der Waals surface area contributed by atoms with E-state index in [4.69, 9.17) is 10.2 Å². The number of hydrogen-bond donors (Lipinski definition) is 2. The van der Waals surface area contributed by atoms with Gasteiger partial charge in [-0.1, -0.05) is 66.6 Å². The number of hydrogen-bond acceptors (Lipinski definition) is 2. The summed E-state index contributed by atoms with van der Waals surface area (Å²) in [7, 11) is 0. The Morgan fingerprint density at radius 1 is 0.885 bits per heavy atom. The minimum absolute atomic E-state index is 0.211. The fraction of sp³-hybridized carbons (Fsp3) is 0.364. The van der Waals surface area contributed by atoms with Gasteiger partial charge >= 0.3 is 11.9 Å². The van der Waals surface area contributed by atoms with E-state index < -0.39 is 17.4 Å². The molecule has 0 spiro atoms. The maximum Gasteiger partial charge on any atom is 0.313 e. The first-order chi connectivity index (χ1) is 12.2. The summed E-state index contributed by atoms with van der Waals surface area (Å²) in [6.45, 7) is 7.67. The third-order valence-electron chi connectivity index (χ3n) is 4.62. The first-order valence-electron chi connectivity index (χ1n) is 8.77. The van der Waals surface area contributed by atoms with Crippen LogP contribution in [0.15, 0.2) is 48.5 Å². The molecule has 0 amide bonds. The lowest BCUT2D eigenvalue weighted by Crippen LogP contribution is -2.31. The normalized spacial score (nSPS) is 12.5. The van der Waals surface area contributed by atoms with Gasteiger partial charge in [0.1, 0.15) is 0 Å². The molecule has 0 aromatic heterocycles. The smallest absolute Gasteiger partial charge is 0.313 e. The van der Waals surface area contributed by atoms with Crippen molar-refractivity contribution < 1.29 is 19.8 Å². The molecule has 140 valence electrons. The Morgan fingerprint density at radius 3 is 1.73 bits per heavy atom. The van der Waals surface area contributed by atoms with E-state index in [1.807, 2.05) is 69.3 Å². The minimum Gasteiger partial charge on any atom is -0.481 e.